The number of hydrogen-bond donors (Lipinski definition) is 0. The van der Waals surface area contributed by atoms with Crippen LogP contribution < -0.4 is 0 Å². The molecule has 45 heavy (non-hydrogen) atoms. The first-order chi connectivity index (χ1) is 23.0. The smallest absolute Gasteiger partial charge is 0.216 e. The number of furan rings is 1. The molecule has 1 radical (unpaired) electrons. The van der Waals surface area contributed by atoms with Gasteiger partial charge in [0, 0.05) is 49.1 Å². The summed E-state index contributed by atoms with van der Waals surface area (Å²) in [6, 6.07) is 25.4. The molecule has 0 unspecified atom stereocenters. The molecule has 6 heteroatoms. The minimum absolute atomic E-state index is 0. The van der Waals surface area contributed by atoms with Gasteiger partial charge < -0.3 is 9.40 Å². The van der Waals surface area contributed by atoms with Crippen LogP contribution in [0, 0.1) is 52.1 Å². The second-order valence-electron chi connectivity index (χ2n) is 12.1. The Hall–Kier alpha value is -3.70. The van der Waals surface area contributed by atoms with Gasteiger partial charge in [-0.3, -0.25) is 4.98 Å². The van der Waals surface area contributed by atoms with Gasteiger partial charge in [-0.1, -0.05) is 56.3 Å². The van der Waals surface area contributed by atoms with Crippen molar-refractivity contribution in [2.45, 2.75) is 61.7 Å². The molecule has 0 aliphatic carbocycles. The Labute approximate surface area is 290 Å². The number of pyridine rings is 3. The van der Waals surface area contributed by atoms with Crippen molar-refractivity contribution in [1.82, 2.24) is 15.0 Å². The number of aromatic nitrogens is 3. The van der Waals surface area contributed by atoms with Crippen LogP contribution >= 0.6 is 11.3 Å². The van der Waals surface area contributed by atoms with Gasteiger partial charge in [0.2, 0.25) is 5.71 Å². The average molecular weight is 793 g/mol. The Balaban J connectivity index is 0.000000255. The molecule has 0 amide bonds. The van der Waals surface area contributed by atoms with E-state index in [-0.39, 0.29) is 31.5 Å². The Kier molecular flexibility index (Phi) is 7.64. The maximum absolute atomic E-state index is 8.86. The quantitative estimate of drug-likeness (QED) is 0.167. The van der Waals surface area contributed by atoms with E-state index in [1.807, 2.05) is 58.2 Å². The number of benzene rings is 2. The van der Waals surface area contributed by atoms with Gasteiger partial charge in [0.1, 0.15) is 0 Å². The molecule has 0 bridgehead atoms. The molecule has 4 nitrogen and oxygen atoms in total. The molecule has 5 heterocycles. The number of nitrogens with zero attached hydrogens (tertiary/aromatic N) is 3. The molecule has 7 rings (SSSR count). The number of fused-ring (bicyclic) bond motifs is 4. The first-order valence-electron chi connectivity index (χ1n) is 17.0. The zero-order valence-electron chi connectivity index (χ0n) is 31.3. The monoisotopic (exact) mass is 793 g/mol. The first-order valence-corrected chi connectivity index (χ1v) is 15.3. The maximum atomic E-state index is 8.86. The van der Waals surface area contributed by atoms with Crippen LogP contribution in [0.4, 0.5) is 0 Å². The topological polar surface area (TPSA) is 51.8 Å². The predicted molar refractivity (Wildman–Crippen MR) is 184 cm³/mol. The molecule has 5 aromatic heterocycles. The van der Waals surface area contributed by atoms with E-state index in [0.717, 1.165) is 31.6 Å². The summed E-state index contributed by atoms with van der Waals surface area (Å²) in [5.41, 5.74) is 8.41. The molecule has 0 fully saturated rings. The van der Waals surface area contributed by atoms with E-state index in [9.17, 15) is 0 Å². The van der Waals surface area contributed by atoms with Crippen molar-refractivity contribution in [2.24, 2.45) is 5.41 Å². The van der Waals surface area contributed by atoms with Gasteiger partial charge in [-0.25, -0.2) is 4.98 Å². The maximum Gasteiger partial charge on any atom is 0.216 e. The minimum Gasteiger partial charge on any atom is -0.486 e. The van der Waals surface area contributed by atoms with Crippen molar-refractivity contribution in [2.75, 3.05) is 0 Å². The van der Waals surface area contributed by atoms with Crippen molar-refractivity contribution >= 4 is 43.6 Å². The molecule has 7 aromatic rings. The summed E-state index contributed by atoms with van der Waals surface area (Å²) in [7, 11) is 0. The molecule has 0 aliphatic heterocycles. The summed E-state index contributed by atoms with van der Waals surface area (Å²) in [6.07, 6.45) is 0.337. The third-order valence-electron chi connectivity index (χ3n) is 7.38. The van der Waals surface area contributed by atoms with Crippen LogP contribution in [0.1, 0.15) is 60.4 Å². The van der Waals surface area contributed by atoms with E-state index in [1.54, 1.807) is 12.1 Å². The number of aryl methyl sites for hydroxylation is 5. The van der Waals surface area contributed by atoms with Crippen LogP contribution in [0.25, 0.3) is 54.8 Å². The molecule has 0 aliphatic rings. The SMILES string of the molecule is Cc1c[c-]c(-c2cc(C)c(C)cn2)cc1.[2H]C([2H])([2H])c1ccc2c(n1)oc1c(-c3ccc4sc(C)c(C([2H])([2H])C(C)(C)C)c4n3)[c-]ccc12.[Ir]. The predicted octanol–water partition coefficient (Wildman–Crippen LogP) is 10.7. The van der Waals surface area contributed by atoms with Gasteiger partial charge in [0.25, 0.3) is 0 Å². The Bertz CT molecular complexity index is 2340. The fraction of sp³-hybridized carbons (Fsp3) is 0.256. The van der Waals surface area contributed by atoms with E-state index < -0.39 is 18.6 Å². The normalized spacial score (nSPS) is 13.7. The number of rotatable bonds is 3. The van der Waals surface area contributed by atoms with E-state index >= 15 is 0 Å². The Morgan fingerprint density at radius 2 is 1.73 bits per heavy atom. The van der Waals surface area contributed by atoms with Crippen LogP contribution in [0.15, 0.2) is 71.3 Å². The van der Waals surface area contributed by atoms with Crippen LogP contribution in [-0.4, -0.2) is 15.0 Å². The summed E-state index contributed by atoms with van der Waals surface area (Å²) < 4.78 is 47.6. The molecule has 0 saturated heterocycles. The fourth-order valence-corrected chi connectivity index (χ4v) is 5.96. The van der Waals surface area contributed by atoms with Gasteiger partial charge >= 0.3 is 0 Å². The molecule has 0 N–H and O–H groups in total. The van der Waals surface area contributed by atoms with Gasteiger partial charge in [-0.2, -0.15) is 0 Å². The Morgan fingerprint density at radius 1 is 0.911 bits per heavy atom. The van der Waals surface area contributed by atoms with Crippen molar-refractivity contribution < 1.29 is 31.4 Å². The summed E-state index contributed by atoms with van der Waals surface area (Å²) in [4.78, 5) is 14.4. The van der Waals surface area contributed by atoms with Gasteiger partial charge in [0.15, 0.2) is 0 Å². The zero-order chi connectivity index (χ0) is 35.5. The molecule has 231 valence electrons. The van der Waals surface area contributed by atoms with Crippen LogP contribution in [0.2, 0.25) is 0 Å². The third-order valence-corrected chi connectivity index (χ3v) is 8.44. The van der Waals surface area contributed by atoms with Crippen molar-refractivity contribution in [1.29, 1.82) is 0 Å². The zero-order valence-corrected chi connectivity index (χ0v) is 29.6. The largest absolute Gasteiger partial charge is 0.486 e. The molecular weight excluding hydrogens is 751 g/mol. The van der Waals surface area contributed by atoms with E-state index in [4.69, 9.17) is 16.3 Å². The fourth-order valence-electron chi connectivity index (χ4n) is 5.00. The summed E-state index contributed by atoms with van der Waals surface area (Å²) in [5.74, 6) is 0. The van der Waals surface area contributed by atoms with Gasteiger partial charge in [-0.05, 0) is 80.1 Å². The third kappa shape index (κ3) is 6.94. The van der Waals surface area contributed by atoms with Crippen molar-refractivity contribution in [3.05, 3.63) is 112 Å². The number of hydrogen-bond acceptors (Lipinski definition) is 5. The van der Waals surface area contributed by atoms with E-state index in [2.05, 4.69) is 61.1 Å². The van der Waals surface area contributed by atoms with Crippen LogP contribution in [0.5, 0.6) is 0 Å². The van der Waals surface area contributed by atoms with Gasteiger partial charge in [-0.15, -0.1) is 64.9 Å². The molecule has 0 spiro atoms. The average Bonchev–Trinajstić information content (AvgIpc) is 3.58. The summed E-state index contributed by atoms with van der Waals surface area (Å²) in [6.45, 7) is 11.5. The van der Waals surface area contributed by atoms with Crippen molar-refractivity contribution in [3.8, 4) is 22.5 Å². The second kappa shape index (κ2) is 13.0. The standard InChI is InChI=1S/C25H23N2OS.C14H14N.Ir/c1-14-9-10-17-16-7-6-8-18(23(16)28-24(17)26-14)20-11-12-21-22(27-20)19(15(2)29-21)13-25(3,4)5;1-10-4-6-13(7-5-10)14-8-11(2)12(3)9-15-14;/h6-7,9-12H,13H2,1-5H3;4-6,8-9H,1-3H3;/q2*-1;/i1D3,13D2;;. The molecule has 0 atom stereocenters. The summed E-state index contributed by atoms with van der Waals surface area (Å²) >= 11 is 1.54. The minimum atomic E-state index is -2.33. The Morgan fingerprint density at radius 3 is 2.44 bits per heavy atom. The second-order valence-corrected chi connectivity index (χ2v) is 13.4. The van der Waals surface area contributed by atoms with Crippen LogP contribution in [0.3, 0.4) is 0 Å². The van der Waals surface area contributed by atoms with E-state index in [1.165, 1.54) is 34.1 Å². The van der Waals surface area contributed by atoms with E-state index in [0.29, 0.717) is 27.9 Å². The molecule has 2 aromatic carbocycles. The summed E-state index contributed by atoms with van der Waals surface area (Å²) in [5, 5.41) is 1.51. The molecule has 0 saturated carbocycles. The number of thiophene rings is 1. The first kappa shape index (κ1) is 26.5. The molecular formula is C39H37IrN3OS-2. The van der Waals surface area contributed by atoms with Gasteiger partial charge in [0.05, 0.1) is 15.8 Å². The van der Waals surface area contributed by atoms with Crippen molar-refractivity contribution in [3.63, 3.8) is 0 Å². The van der Waals surface area contributed by atoms with Crippen LogP contribution in [-0.2, 0) is 26.5 Å².